The van der Waals surface area contributed by atoms with Crippen LogP contribution >= 0.6 is 0 Å². The molecule has 0 radical (unpaired) electrons. The largest absolute Gasteiger partial charge is 0.479 e. The van der Waals surface area contributed by atoms with Crippen LogP contribution in [0.5, 0.6) is 0 Å². The molecule has 1 unspecified atom stereocenters. The van der Waals surface area contributed by atoms with Crippen LogP contribution in [0.4, 0.5) is 11.4 Å². The Morgan fingerprint density at radius 1 is 1.52 bits per heavy atom. The number of aryl methyl sites for hydroxylation is 2. The van der Waals surface area contributed by atoms with Gasteiger partial charge in [0.15, 0.2) is 6.04 Å². The summed E-state index contributed by atoms with van der Waals surface area (Å²) in [5.74, 6) is -1.09. The highest BCUT2D eigenvalue weighted by Gasteiger charge is 2.22. The predicted molar refractivity (Wildman–Crippen MR) is 75.0 cm³/mol. The van der Waals surface area contributed by atoms with E-state index >= 15 is 0 Å². The Balaban J connectivity index is 2.32. The maximum Gasteiger partial charge on any atom is 0.330 e. The van der Waals surface area contributed by atoms with E-state index in [4.69, 9.17) is 0 Å². The number of nitro groups is 1. The van der Waals surface area contributed by atoms with Gasteiger partial charge in [-0.25, -0.2) is 4.79 Å². The lowest BCUT2D eigenvalue weighted by Crippen LogP contribution is -2.20. The number of nitro benzene ring substituents is 1. The molecular formula is C13H14N4O4. The number of aromatic nitrogens is 2. The number of carbonyl (C=O) groups is 1. The van der Waals surface area contributed by atoms with Crippen molar-refractivity contribution in [3.05, 3.63) is 51.8 Å². The van der Waals surface area contributed by atoms with Gasteiger partial charge in [0.1, 0.15) is 0 Å². The second kappa shape index (κ2) is 5.61. The highest BCUT2D eigenvalue weighted by molar-refractivity contribution is 5.79. The zero-order valence-electron chi connectivity index (χ0n) is 11.5. The lowest BCUT2D eigenvalue weighted by molar-refractivity contribution is -0.385. The first-order valence-corrected chi connectivity index (χ1v) is 6.11. The molecule has 0 aliphatic carbocycles. The Morgan fingerprint density at radius 3 is 2.76 bits per heavy atom. The molecule has 2 rings (SSSR count). The number of benzene rings is 1. The van der Waals surface area contributed by atoms with Crippen molar-refractivity contribution in [2.24, 2.45) is 7.05 Å². The Hall–Kier alpha value is -2.90. The van der Waals surface area contributed by atoms with E-state index in [1.165, 1.54) is 16.9 Å². The van der Waals surface area contributed by atoms with Gasteiger partial charge < -0.3 is 10.4 Å². The smallest absolute Gasteiger partial charge is 0.330 e. The average molecular weight is 290 g/mol. The van der Waals surface area contributed by atoms with Crippen molar-refractivity contribution in [1.82, 2.24) is 9.78 Å². The molecule has 8 heteroatoms. The zero-order valence-corrected chi connectivity index (χ0v) is 11.5. The molecule has 2 N–H and O–H groups in total. The second-order valence-electron chi connectivity index (χ2n) is 4.62. The minimum absolute atomic E-state index is 0.0599. The maximum atomic E-state index is 11.4. The van der Waals surface area contributed by atoms with E-state index in [0.717, 1.165) is 0 Å². The van der Waals surface area contributed by atoms with Crippen LogP contribution in [0, 0.1) is 17.0 Å². The summed E-state index contributed by atoms with van der Waals surface area (Å²) >= 11 is 0. The predicted octanol–water partition coefficient (Wildman–Crippen LogP) is 1.87. The number of hydrogen-bond acceptors (Lipinski definition) is 5. The molecule has 0 bridgehead atoms. The van der Waals surface area contributed by atoms with Gasteiger partial charge in [-0.3, -0.25) is 14.8 Å². The van der Waals surface area contributed by atoms with Crippen LogP contribution in [-0.4, -0.2) is 25.8 Å². The molecule has 0 aliphatic heterocycles. The number of anilines is 1. The molecule has 1 heterocycles. The summed E-state index contributed by atoms with van der Waals surface area (Å²) in [4.78, 5) is 21.8. The van der Waals surface area contributed by atoms with E-state index in [1.54, 1.807) is 32.3 Å². The van der Waals surface area contributed by atoms with Crippen molar-refractivity contribution >= 4 is 17.3 Å². The SMILES string of the molecule is Cc1ccc(NC(C(=O)O)c2cnn(C)c2)cc1[N+](=O)[O-]. The number of nitrogens with one attached hydrogen (secondary N) is 1. The molecule has 0 saturated heterocycles. The number of hydrogen-bond donors (Lipinski definition) is 2. The molecule has 1 aromatic carbocycles. The minimum Gasteiger partial charge on any atom is -0.479 e. The van der Waals surface area contributed by atoms with E-state index in [9.17, 15) is 20.0 Å². The highest BCUT2D eigenvalue weighted by atomic mass is 16.6. The third kappa shape index (κ3) is 3.16. The molecule has 0 fully saturated rings. The fourth-order valence-corrected chi connectivity index (χ4v) is 1.94. The topological polar surface area (TPSA) is 110 Å². The third-order valence-electron chi connectivity index (χ3n) is 3.02. The van der Waals surface area contributed by atoms with Crippen LogP contribution in [0.1, 0.15) is 17.2 Å². The Morgan fingerprint density at radius 2 is 2.24 bits per heavy atom. The van der Waals surface area contributed by atoms with E-state index in [1.807, 2.05) is 0 Å². The molecule has 0 saturated carbocycles. The molecule has 1 aromatic heterocycles. The van der Waals surface area contributed by atoms with Gasteiger partial charge in [-0.2, -0.15) is 5.10 Å². The fourth-order valence-electron chi connectivity index (χ4n) is 1.94. The van der Waals surface area contributed by atoms with Gasteiger partial charge in [0.25, 0.3) is 5.69 Å². The molecule has 0 spiro atoms. The van der Waals surface area contributed by atoms with Crippen LogP contribution in [0.25, 0.3) is 0 Å². The van der Waals surface area contributed by atoms with Crippen LogP contribution in [-0.2, 0) is 11.8 Å². The highest BCUT2D eigenvalue weighted by Crippen LogP contribution is 2.25. The van der Waals surface area contributed by atoms with Gasteiger partial charge in [-0.05, 0) is 13.0 Å². The molecule has 2 aromatic rings. The van der Waals surface area contributed by atoms with Gasteiger partial charge in [0.2, 0.25) is 0 Å². The molecule has 8 nitrogen and oxygen atoms in total. The average Bonchev–Trinajstić information content (AvgIpc) is 2.83. The van der Waals surface area contributed by atoms with E-state index in [0.29, 0.717) is 16.8 Å². The maximum absolute atomic E-state index is 11.4. The summed E-state index contributed by atoms with van der Waals surface area (Å²) < 4.78 is 1.49. The van der Waals surface area contributed by atoms with Crippen LogP contribution in [0.15, 0.2) is 30.6 Å². The molecule has 110 valence electrons. The van der Waals surface area contributed by atoms with Gasteiger partial charge in [0.05, 0.1) is 11.1 Å². The minimum atomic E-state index is -1.09. The van der Waals surface area contributed by atoms with Gasteiger partial charge in [-0.1, -0.05) is 6.07 Å². The molecule has 0 amide bonds. The molecule has 21 heavy (non-hydrogen) atoms. The van der Waals surface area contributed by atoms with Gasteiger partial charge >= 0.3 is 5.97 Å². The molecule has 1 atom stereocenters. The summed E-state index contributed by atoms with van der Waals surface area (Å²) in [6.07, 6.45) is 3.02. The summed E-state index contributed by atoms with van der Waals surface area (Å²) in [5.41, 5.74) is 1.28. The van der Waals surface area contributed by atoms with Crippen molar-refractivity contribution in [2.45, 2.75) is 13.0 Å². The first-order valence-electron chi connectivity index (χ1n) is 6.11. The fraction of sp³-hybridized carbons (Fsp3) is 0.231. The van der Waals surface area contributed by atoms with Gasteiger partial charge in [-0.15, -0.1) is 0 Å². The molecule has 0 aliphatic rings. The first-order chi connectivity index (χ1) is 9.88. The third-order valence-corrected chi connectivity index (χ3v) is 3.02. The van der Waals surface area contributed by atoms with E-state index in [2.05, 4.69) is 10.4 Å². The first kappa shape index (κ1) is 14.5. The number of carboxylic acids is 1. The quantitative estimate of drug-likeness (QED) is 0.642. The lowest BCUT2D eigenvalue weighted by Gasteiger charge is -2.14. The van der Waals surface area contributed by atoms with E-state index in [-0.39, 0.29) is 5.69 Å². The van der Waals surface area contributed by atoms with Crippen molar-refractivity contribution in [2.75, 3.05) is 5.32 Å². The normalized spacial score (nSPS) is 11.9. The Kier molecular flexibility index (Phi) is 3.88. The van der Waals surface area contributed by atoms with Crippen LogP contribution in [0.3, 0.4) is 0 Å². The number of rotatable bonds is 5. The second-order valence-corrected chi connectivity index (χ2v) is 4.62. The summed E-state index contributed by atoms with van der Waals surface area (Å²) in [6, 6.07) is 3.47. The molecular weight excluding hydrogens is 276 g/mol. The van der Waals surface area contributed by atoms with Crippen molar-refractivity contribution in [3.8, 4) is 0 Å². The number of nitrogens with zero attached hydrogens (tertiary/aromatic N) is 3. The monoisotopic (exact) mass is 290 g/mol. The van der Waals surface area contributed by atoms with Crippen molar-refractivity contribution in [3.63, 3.8) is 0 Å². The Labute approximate surface area is 120 Å². The van der Waals surface area contributed by atoms with Crippen molar-refractivity contribution in [1.29, 1.82) is 0 Å². The summed E-state index contributed by atoms with van der Waals surface area (Å²) in [6.45, 7) is 1.62. The van der Waals surface area contributed by atoms with Crippen LogP contribution < -0.4 is 5.32 Å². The summed E-state index contributed by atoms with van der Waals surface area (Å²) in [5, 5.41) is 26.9. The lowest BCUT2D eigenvalue weighted by atomic mass is 10.1. The van der Waals surface area contributed by atoms with E-state index < -0.39 is 16.9 Å². The number of aliphatic carboxylic acids is 1. The van der Waals surface area contributed by atoms with Crippen LogP contribution in [0.2, 0.25) is 0 Å². The Bertz CT molecular complexity index is 695. The zero-order chi connectivity index (χ0) is 15.6. The standard InChI is InChI=1S/C13H14N4O4/c1-8-3-4-10(5-11(8)17(20)21)15-12(13(18)19)9-6-14-16(2)7-9/h3-7,12,15H,1-2H3,(H,18,19). The summed E-state index contributed by atoms with van der Waals surface area (Å²) in [7, 11) is 1.68. The number of carboxylic acid groups (broad SMARTS) is 1. The van der Waals surface area contributed by atoms with Gasteiger partial charge in [0, 0.05) is 36.1 Å². The van der Waals surface area contributed by atoms with Crippen molar-refractivity contribution < 1.29 is 14.8 Å².